The van der Waals surface area contributed by atoms with Crippen LogP contribution in [0.5, 0.6) is 5.88 Å². The summed E-state index contributed by atoms with van der Waals surface area (Å²) < 4.78 is 18.7. The number of halogens is 2. The van der Waals surface area contributed by atoms with Crippen molar-refractivity contribution >= 4 is 23.4 Å². The van der Waals surface area contributed by atoms with Gasteiger partial charge in [-0.3, -0.25) is 9.59 Å². The summed E-state index contributed by atoms with van der Waals surface area (Å²) in [6.07, 6.45) is 0. The molecule has 0 spiro atoms. The topological polar surface area (TPSA) is 80.3 Å². The number of aromatic nitrogens is 1. The second-order valence-electron chi connectivity index (χ2n) is 4.90. The number of hydrogen-bond donors (Lipinski definition) is 2. The fraction of sp³-hybridized carbons (Fsp3) is 0.235. The van der Waals surface area contributed by atoms with E-state index in [1.807, 2.05) is 0 Å². The molecule has 8 heteroatoms. The first-order chi connectivity index (χ1) is 12.0. The molecule has 0 saturated heterocycles. The minimum atomic E-state index is -0.604. The molecule has 2 amide bonds. The Bertz CT molecular complexity index is 771. The van der Waals surface area contributed by atoms with Crippen molar-refractivity contribution in [2.24, 2.45) is 0 Å². The van der Waals surface area contributed by atoms with Crippen LogP contribution in [-0.2, 0) is 0 Å². The molecule has 2 aromatic rings. The Hall–Kier alpha value is -2.67. The van der Waals surface area contributed by atoms with E-state index in [0.717, 1.165) is 0 Å². The predicted octanol–water partition coefficient (Wildman–Crippen LogP) is 2.43. The van der Waals surface area contributed by atoms with Gasteiger partial charge in [0.25, 0.3) is 11.8 Å². The van der Waals surface area contributed by atoms with E-state index >= 15 is 0 Å². The minimum Gasteiger partial charge on any atom is -0.478 e. The van der Waals surface area contributed by atoms with Crippen LogP contribution in [0.25, 0.3) is 0 Å². The third kappa shape index (κ3) is 5.15. The van der Waals surface area contributed by atoms with Gasteiger partial charge in [0.2, 0.25) is 5.88 Å². The molecule has 0 radical (unpaired) electrons. The van der Waals surface area contributed by atoms with E-state index in [1.54, 1.807) is 19.1 Å². The van der Waals surface area contributed by atoms with E-state index < -0.39 is 17.6 Å². The monoisotopic (exact) mass is 365 g/mol. The van der Waals surface area contributed by atoms with Gasteiger partial charge in [-0.15, -0.1) is 0 Å². The van der Waals surface area contributed by atoms with E-state index in [-0.39, 0.29) is 29.4 Å². The predicted molar refractivity (Wildman–Crippen MR) is 91.5 cm³/mol. The quantitative estimate of drug-likeness (QED) is 0.738. The summed E-state index contributed by atoms with van der Waals surface area (Å²) in [6, 6.07) is 8.74. The van der Waals surface area contributed by atoms with Gasteiger partial charge < -0.3 is 15.4 Å². The molecular formula is C17H17ClFN3O3. The lowest BCUT2D eigenvalue weighted by Crippen LogP contribution is -2.35. The molecule has 2 rings (SSSR count). The van der Waals surface area contributed by atoms with Crippen LogP contribution < -0.4 is 15.4 Å². The van der Waals surface area contributed by atoms with Crippen molar-refractivity contribution < 1.29 is 18.7 Å². The van der Waals surface area contributed by atoms with Crippen LogP contribution in [-0.4, -0.2) is 36.5 Å². The van der Waals surface area contributed by atoms with E-state index in [1.165, 1.54) is 24.3 Å². The summed E-state index contributed by atoms with van der Waals surface area (Å²) in [5.74, 6) is -1.36. The highest BCUT2D eigenvalue weighted by molar-refractivity contribution is 6.33. The standard InChI is InChI=1S/C17H17ClFN3O3/c1-2-25-14-8-7-12(18)15(22-14)17(24)21-10-9-20-16(23)11-5-3-4-6-13(11)19/h3-8H,2,9-10H2,1H3,(H,20,23)(H,21,24). The number of pyridine rings is 1. The smallest absolute Gasteiger partial charge is 0.271 e. The van der Waals surface area contributed by atoms with E-state index in [2.05, 4.69) is 15.6 Å². The average molecular weight is 366 g/mol. The molecule has 0 bridgehead atoms. The molecule has 0 aliphatic rings. The number of rotatable bonds is 7. The highest BCUT2D eigenvalue weighted by Gasteiger charge is 2.14. The van der Waals surface area contributed by atoms with Crippen LogP contribution >= 0.6 is 11.6 Å². The maximum Gasteiger partial charge on any atom is 0.271 e. The average Bonchev–Trinajstić information content (AvgIpc) is 2.60. The Morgan fingerprint density at radius 2 is 1.80 bits per heavy atom. The molecule has 0 aliphatic carbocycles. The van der Waals surface area contributed by atoms with Gasteiger partial charge in [0.15, 0.2) is 5.69 Å². The van der Waals surface area contributed by atoms with Crippen molar-refractivity contribution in [2.75, 3.05) is 19.7 Å². The van der Waals surface area contributed by atoms with Crippen molar-refractivity contribution in [1.29, 1.82) is 0 Å². The lowest BCUT2D eigenvalue weighted by molar-refractivity contribution is 0.0922. The third-order valence-corrected chi connectivity index (χ3v) is 3.45. The lowest BCUT2D eigenvalue weighted by Gasteiger charge is -2.09. The first-order valence-corrected chi connectivity index (χ1v) is 8.01. The highest BCUT2D eigenvalue weighted by atomic mass is 35.5. The Balaban J connectivity index is 1.86. The lowest BCUT2D eigenvalue weighted by atomic mass is 10.2. The molecule has 6 nitrogen and oxygen atoms in total. The van der Waals surface area contributed by atoms with Crippen LogP contribution in [0, 0.1) is 5.82 Å². The Labute approximate surface area is 149 Å². The van der Waals surface area contributed by atoms with Gasteiger partial charge in [-0.05, 0) is 25.1 Å². The summed E-state index contributed by atoms with van der Waals surface area (Å²) in [7, 11) is 0. The van der Waals surface area contributed by atoms with Crippen molar-refractivity contribution in [1.82, 2.24) is 15.6 Å². The van der Waals surface area contributed by atoms with Crippen molar-refractivity contribution in [3.05, 3.63) is 58.5 Å². The third-order valence-electron chi connectivity index (χ3n) is 3.14. The van der Waals surface area contributed by atoms with E-state index in [4.69, 9.17) is 16.3 Å². The minimum absolute atomic E-state index is 0.0352. The summed E-state index contributed by atoms with van der Waals surface area (Å²) in [5, 5.41) is 5.29. The van der Waals surface area contributed by atoms with Gasteiger partial charge in [0.05, 0.1) is 17.2 Å². The van der Waals surface area contributed by atoms with Crippen LogP contribution in [0.15, 0.2) is 36.4 Å². The first-order valence-electron chi connectivity index (χ1n) is 7.63. The largest absolute Gasteiger partial charge is 0.478 e. The molecule has 0 aliphatic heterocycles. The molecule has 25 heavy (non-hydrogen) atoms. The Kier molecular flexibility index (Phi) is 6.71. The van der Waals surface area contributed by atoms with Gasteiger partial charge in [-0.25, -0.2) is 9.37 Å². The molecule has 2 N–H and O–H groups in total. The molecule has 0 saturated carbocycles. The molecule has 0 atom stereocenters. The summed E-state index contributed by atoms with van der Waals surface area (Å²) in [5.41, 5.74) is -0.0176. The molecule has 0 fully saturated rings. The molecule has 1 aromatic heterocycles. The molecule has 1 aromatic carbocycles. The van der Waals surface area contributed by atoms with E-state index in [0.29, 0.717) is 12.5 Å². The number of amides is 2. The van der Waals surface area contributed by atoms with E-state index in [9.17, 15) is 14.0 Å². The van der Waals surface area contributed by atoms with Gasteiger partial charge in [-0.2, -0.15) is 0 Å². The summed E-state index contributed by atoms with van der Waals surface area (Å²) >= 11 is 5.96. The summed E-state index contributed by atoms with van der Waals surface area (Å²) in [6.45, 7) is 2.48. The number of carbonyl (C=O) groups excluding carboxylic acids is 2. The number of nitrogens with one attached hydrogen (secondary N) is 2. The summed E-state index contributed by atoms with van der Waals surface area (Å²) in [4.78, 5) is 28.0. The second kappa shape index (κ2) is 8.98. The van der Waals surface area contributed by atoms with Crippen LogP contribution in [0.2, 0.25) is 5.02 Å². The maximum atomic E-state index is 13.5. The fourth-order valence-corrected chi connectivity index (χ4v) is 2.18. The number of benzene rings is 1. The number of nitrogens with zero attached hydrogens (tertiary/aromatic N) is 1. The van der Waals surface area contributed by atoms with Crippen LogP contribution in [0.3, 0.4) is 0 Å². The Morgan fingerprint density at radius 3 is 2.48 bits per heavy atom. The Morgan fingerprint density at radius 1 is 1.12 bits per heavy atom. The van der Waals surface area contributed by atoms with Crippen molar-refractivity contribution in [2.45, 2.75) is 6.92 Å². The van der Waals surface area contributed by atoms with Crippen LogP contribution in [0.1, 0.15) is 27.8 Å². The van der Waals surface area contributed by atoms with Gasteiger partial charge in [0, 0.05) is 19.2 Å². The second-order valence-corrected chi connectivity index (χ2v) is 5.31. The van der Waals surface area contributed by atoms with Crippen molar-refractivity contribution in [3.8, 4) is 5.88 Å². The number of hydrogen-bond acceptors (Lipinski definition) is 4. The number of carbonyl (C=O) groups is 2. The molecule has 0 unspecified atom stereocenters. The first kappa shape index (κ1) is 18.7. The molecule has 132 valence electrons. The zero-order valence-corrected chi connectivity index (χ0v) is 14.3. The van der Waals surface area contributed by atoms with Crippen molar-refractivity contribution in [3.63, 3.8) is 0 Å². The van der Waals surface area contributed by atoms with Crippen LogP contribution in [0.4, 0.5) is 4.39 Å². The fourth-order valence-electron chi connectivity index (χ4n) is 1.99. The molecular weight excluding hydrogens is 349 g/mol. The normalized spacial score (nSPS) is 10.2. The van der Waals surface area contributed by atoms with Gasteiger partial charge in [-0.1, -0.05) is 23.7 Å². The van der Waals surface area contributed by atoms with Gasteiger partial charge in [0.1, 0.15) is 5.82 Å². The van der Waals surface area contributed by atoms with Gasteiger partial charge >= 0.3 is 0 Å². The number of ether oxygens (including phenoxy) is 1. The zero-order valence-electron chi connectivity index (χ0n) is 13.5. The SMILES string of the molecule is CCOc1ccc(Cl)c(C(=O)NCCNC(=O)c2ccccc2F)n1. The highest BCUT2D eigenvalue weighted by Crippen LogP contribution is 2.17. The maximum absolute atomic E-state index is 13.5. The zero-order chi connectivity index (χ0) is 18.2. The molecule has 1 heterocycles.